The van der Waals surface area contributed by atoms with Gasteiger partial charge in [0.15, 0.2) is 5.82 Å². The van der Waals surface area contributed by atoms with Crippen LogP contribution in [-0.2, 0) is 11.3 Å². The first-order chi connectivity index (χ1) is 11.0. The highest BCUT2D eigenvalue weighted by molar-refractivity contribution is 5.95. The molecule has 1 aliphatic heterocycles. The van der Waals surface area contributed by atoms with E-state index in [9.17, 15) is 19.7 Å². The number of aromatic nitrogens is 3. The molecule has 0 spiro atoms. The van der Waals surface area contributed by atoms with Gasteiger partial charge in [0.2, 0.25) is 0 Å². The predicted molar refractivity (Wildman–Crippen MR) is 77.2 cm³/mol. The summed E-state index contributed by atoms with van der Waals surface area (Å²) in [6.07, 6.45) is 1.35. The van der Waals surface area contributed by atoms with Gasteiger partial charge < -0.3 is 5.32 Å². The van der Waals surface area contributed by atoms with Gasteiger partial charge in [0.1, 0.15) is 12.9 Å². The van der Waals surface area contributed by atoms with Crippen molar-refractivity contribution < 1.29 is 14.5 Å². The van der Waals surface area contributed by atoms with Crippen molar-refractivity contribution in [1.29, 1.82) is 0 Å². The van der Waals surface area contributed by atoms with Gasteiger partial charge in [-0.05, 0) is 0 Å². The standard InChI is InChI=1S/C13H12N6O4/c20-11(18-5-4-14-13(18)21)7-17-8-15-12(16-17)9-2-1-3-10(6-9)19(22)23/h1-3,6,8H,4-5,7H2,(H,14,21). The summed E-state index contributed by atoms with van der Waals surface area (Å²) >= 11 is 0. The van der Waals surface area contributed by atoms with E-state index >= 15 is 0 Å². The summed E-state index contributed by atoms with van der Waals surface area (Å²) in [7, 11) is 0. The molecule has 1 N–H and O–H groups in total. The third-order valence-electron chi connectivity index (χ3n) is 3.31. The zero-order chi connectivity index (χ0) is 16.4. The first-order valence-corrected chi connectivity index (χ1v) is 6.77. The number of imide groups is 1. The van der Waals surface area contributed by atoms with Crippen molar-refractivity contribution >= 4 is 17.6 Å². The number of hydrogen-bond donors (Lipinski definition) is 1. The summed E-state index contributed by atoms with van der Waals surface area (Å²) in [5.41, 5.74) is 0.410. The van der Waals surface area contributed by atoms with Crippen molar-refractivity contribution in [3.05, 3.63) is 40.7 Å². The van der Waals surface area contributed by atoms with Crippen molar-refractivity contribution in [2.45, 2.75) is 6.54 Å². The summed E-state index contributed by atoms with van der Waals surface area (Å²) in [6.45, 7) is 0.625. The fourth-order valence-electron chi connectivity index (χ4n) is 2.20. The third-order valence-corrected chi connectivity index (χ3v) is 3.31. The Morgan fingerprint density at radius 1 is 1.43 bits per heavy atom. The number of carbonyl (C=O) groups is 2. The monoisotopic (exact) mass is 316 g/mol. The van der Waals surface area contributed by atoms with Gasteiger partial charge in [0, 0.05) is 30.8 Å². The van der Waals surface area contributed by atoms with E-state index in [0.717, 1.165) is 4.90 Å². The molecule has 0 saturated carbocycles. The molecule has 0 bridgehead atoms. The molecule has 2 aromatic rings. The Morgan fingerprint density at radius 3 is 2.96 bits per heavy atom. The quantitative estimate of drug-likeness (QED) is 0.643. The second-order valence-corrected chi connectivity index (χ2v) is 4.85. The summed E-state index contributed by atoms with van der Waals surface area (Å²) < 4.78 is 1.29. The van der Waals surface area contributed by atoms with Crippen molar-refractivity contribution in [2.75, 3.05) is 13.1 Å². The molecule has 1 saturated heterocycles. The van der Waals surface area contributed by atoms with E-state index in [1.165, 1.54) is 29.2 Å². The minimum atomic E-state index is -0.504. The molecule has 10 nitrogen and oxygen atoms in total. The lowest BCUT2D eigenvalue weighted by molar-refractivity contribution is -0.384. The van der Waals surface area contributed by atoms with Gasteiger partial charge in [-0.1, -0.05) is 12.1 Å². The Balaban J connectivity index is 1.75. The van der Waals surface area contributed by atoms with E-state index in [1.54, 1.807) is 6.07 Å². The maximum absolute atomic E-state index is 12.0. The number of hydrogen-bond acceptors (Lipinski definition) is 6. The molecule has 10 heteroatoms. The number of benzene rings is 1. The van der Waals surface area contributed by atoms with Crippen LogP contribution in [0, 0.1) is 10.1 Å². The van der Waals surface area contributed by atoms with Gasteiger partial charge in [-0.2, -0.15) is 5.10 Å². The average Bonchev–Trinajstić information content (AvgIpc) is 3.16. The van der Waals surface area contributed by atoms with Crippen LogP contribution < -0.4 is 5.32 Å². The molecule has 118 valence electrons. The molecule has 0 unspecified atom stereocenters. The van der Waals surface area contributed by atoms with Crippen LogP contribution in [-0.4, -0.2) is 49.6 Å². The number of carbonyl (C=O) groups excluding carboxylic acids is 2. The van der Waals surface area contributed by atoms with Crippen molar-refractivity contribution in [3.8, 4) is 11.4 Å². The van der Waals surface area contributed by atoms with Crippen LogP contribution in [0.4, 0.5) is 10.5 Å². The van der Waals surface area contributed by atoms with E-state index in [4.69, 9.17) is 0 Å². The van der Waals surface area contributed by atoms with Crippen molar-refractivity contribution in [2.24, 2.45) is 0 Å². The number of nitrogens with one attached hydrogen (secondary N) is 1. The summed E-state index contributed by atoms with van der Waals surface area (Å²) in [5, 5.41) is 17.4. The van der Waals surface area contributed by atoms with E-state index in [0.29, 0.717) is 18.7 Å². The second kappa shape index (κ2) is 5.83. The molecule has 1 aromatic heterocycles. The lowest BCUT2D eigenvalue weighted by atomic mass is 10.2. The van der Waals surface area contributed by atoms with Gasteiger partial charge in [-0.3, -0.25) is 19.8 Å². The number of rotatable bonds is 4. The van der Waals surface area contributed by atoms with Gasteiger partial charge in [0.05, 0.1) is 4.92 Å². The zero-order valence-electron chi connectivity index (χ0n) is 11.9. The van der Waals surface area contributed by atoms with Gasteiger partial charge in [-0.25, -0.2) is 14.5 Å². The fraction of sp³-hybridized carbons (Fsp3) is 0.231. The van der Waals surface area contributed by atoms with Crippen LogP contribution in [0.25, 0.3) is 11.4 Å². The molecular formula is C13H12N6O4. The topological polar surface area (TPSA) is 123 Å². The largest absolute Gasteiger partial charge is 0.336 e. The molecule has 1 aromatic carbocycles. The first kappa shape index (κ1) is 14.6. The summed E-state index contributed by atoms with van der Waals surface area (Å²) in [6, 6.07) is 5.48. The van der Waals surface area contributed by atoms with Gasteiger partial charge in [0.25, 0.3) is 11.6 Å². The minimum absolute atomic E-state index is 0.0661. The van der Waals surface area contributed by atoms with Crippen LogP contribution in [0.1, 0.15) is 0 Å². The van der Waals surface area contributed by atoms with E-state index in [-0.39, 0.29) is 18.1 Å². The summed E-state index contributed by atoms with van der Waals surface area (Å²) in [4.78, 5) is 38.9. The SMILES string of the molecule is O=C(Cn1cnc(-c2cccc([N+](=O)[O-])c2)n1)N1CCNC1=O. The second-order valence-electron chi connectivity index (χ2n) is 4.85. The first-order valence-electron chi connectivity index (χ1n) is 6.77. The lowest BCUT2D eigenvalue weighted by Crippen LogP contribution is -2.36. The van der Waals surface area contributed by atoms with Crippen LogP contribution in [0.5, 0.6) is 0 Å². The van der Waals surface area contributed by atoms with Crippen LogP contribution in [0.2, 0.25) is 0 Å². The smallest absolute Gasteiger partial charge is 0.324 e. The van der Waals surface area contributed by atoms with Crippen LogP contribution >= 0.6 is 0 Å². The molecule has 1 aliphatic rings. The molecule has 2 heterocycles. The molecule has 0 atom stereocenters. The van der Waals surface area contributed by atoms with Crippen molar-refractivity contribution in [1.82, 2.24) is 25.0 Å². The molecule has 23 heavy (non-hydrogen) atoms. The lowest BCUT2D eigenvalue weighted by Gasteiger charge is -2.11. The normalized spacial score (nSPS) is 13.9. The zero-order valence-corrected chi connectivity index (χ0v) is 11.9. The summed E-state index contributed by atoms with van der Waals surface area (Å²) in [5.74, 6) is -0.122. The fourth-order valence-corrected chi connectivity index (χ4v) is 2.20. The Labute approximate surface area is 129 Å². The molecule has 1 fully saturated rings. The number of amides is 3. The van der Waals surface area contributed by atoms with E-state index in [1.807, 2.05) is 0 Å². The Kier molecular flexibility index (Phi) is 3.71. The molecule has 3 rings (SSSR count). The van der Waals surface area contributed by atoms with Crippen LogP contribution in [0.3, 0.4) is 0 Å². The number of nitro benzene ring substituents is 1. The molecule has 0 radical (unpaired) electrons. The Morgan fingerprint density at radius 2 is 2.26 bits per heavy atom. The van der Waals surface area contributed by atoms with E-state index in [2.05, 4.69) is 15.4 Å². The molecule has 3 amide bonds. The minimum Gasteiger partial charge on any atom is -0.336 e. The van der Waals surface area contributed by atoms with Gasteiger partial charge >= 0.3 is 6.03 Å². The number of non-ortho nitro benzene ring substituents is 1. The highest BCUT2D eigenvalue weighted by Crippen LogP contribution is 2.20. The highest BCUT2D eigenvalue weighted by atomic mass is 16.6. The highest BCUT2D eigenvalue weighted by Gasteiger charge is 2.26. The average molecular weight is 316 g/mol. The maximum atomic E-state index is 12.0. The molecule has 0 aliphatic carbocycles. The molecular weight excluding hydrogens is 304 g/mol. The Hall–Kier alpha value is -3.30. The third kappa shape index (κ3) is 3.00. The van der Waals surface area contributed by atoms with Gasteiger partial charge in [-0.15, -0.1) is 0 Å². The maximum Gasteiger partial charge on any atom is 0.324 e. The number of urea groups is 1. The number of nitrogens with zero attached hydrogens (tertiary/aromatic N) is 5. The predicted octanol–water partition coefficient (Wildman–Crippen LogP) is 0.405. The van der Waals surface area contributed by atoms with Crippen molar-refractivity contribution in [3.63, 3.8) is 0 Å². The number of nitro groups is 1. The van der Waals surface area contributed by atoms with E-state index < -0.39 is 16.9 Å². The van der Waals surface area contributed by atoms with Crippen LogP contribution in [0.15, 0.2) is 30.6 Å². The Bertz CT molecular complexity index is 786.